The maximum atomic E-state index is 13.5. The molecule has 2 unspecified atom stereocenters. The van der Waals surface area contributed by atoms with E-state index in [0.29, 0.717) is 11.5 Å². The number of carbonyl (C=O) groups excluding carboxylic acids is 1. The van der Waals surface area contributed by atoms with Gasteiger partial charge in [0.15, 0.2) is 0 Å². The van der Waals surface area contributed by atoms with Crippen LogP contribution in [0.15, 0.2) is 41.4 Å². The number of nitrogens with one attached hydrogen (secondary N) is 2. The van der Waals surface area contributed by atoms with Crippen molar-refractivity contribution in [3.8, 4) is 0 Å². The van der Waals surface area contributed by atoms with Crippen molar-refractivity contribution in [2.45, 2.75) is 57.2 Å². The quantitative estimate of drug-likeness (QED) is 0.732. The van der Waals surface area contributed by atoms with Crippen molar-refractivity contribution in [1.29, 1.82) is 0 Å². The van der Waals surface area contributed by atoms with Crippen LogP contribution in [0.1, 0.15) is 44.9 Å². The summed E-state index contributed by atoms with van der Waals surface area (Å²) in [5.74, 6) is -0.139. The van der Waals surface area contributed by atoms with Gasteiger partial charge in [-0.15, -0.1) is 0 Å². The number of halogens is 1. The molecule has 3 aliphatic carbocycles. The molecule has 7 heteroatoms. The van der Waals surface area contributed by atoms with E-state index in [1.54, 1.807) is 12.3 Å². The van der Waals surface area contributed by atoms with Gasteiger partial charge >= 0.3 is 0 Å². The number of allylic oxidation sites excluding steroid dienone is 1. The summed E-state index contributed by atoms with van der Waals surface area (Å²) in [4.78, 5) is 21.5. The zero-order chi connectivity index (χ0) is 21.0. The Bertz CT molecular complexity index is 960. The molecule has 2 fully saturated rings. The standard InChI is InChI=1S/C24H30FN5O/c25-17-12-19(15-26-14-17)30-9-7-29(8-10-30)18-2-1-16(11-18)22-27-21-3-4-24(5-6-24)13-20(21)23(31)28-22/h11-12,14-15,18,22,27H,1-10,13H2,(H,28,31). The highest BCUT2D eigenvalue weighted by molar-refractivity contribution is 5.96. The van der Waals surface area contributed by atoms with Crippen molar-refractivity contribution in [3.05, 3.63) is 47.2 Å². The molecule has 0 radical (unpaired) electrons. The van der Waals surface area contributed by atoms with E-state index < -0.39 is 0 Å². The number of pyridine rings is 1. The zero-order valence-electron chi connectivity index (χ0n) is 17.9. The predicted octanol–water partition coefficient (Wildman–Crippen LogP) is 2.70. The van der Waals surface area contributed by atoms with E-state index in [-0.39, 0.29) is 17.9 Å². The fraction of sp³-hybridized carbons (Fsp3) is 0.583. The first kappa shape index (κ1) is 19.3. The molecule has 164 valence electrons. The summed E-state index contributed by atoms with van der Waals surface area (Å²) in [5.41, 5.74) is 4.83. The van der Waals surface area contributed by atoms with Crippen molar-refractivity contribution in [3.63, 3.8) is 0 Å². The lowest BCUT2D eigenvalue weighted by atomic mass is 9.82. The van der Waals surface area contributed by atoms with Gasteiger partial charge in [0.25, 0.3) is 5.91 Å². The SMILES string of the molecule is O=C1NC(C2=CC(N3CCN(c4cncc(F)c4)CC3)CC2)NC2=C1CC1(CC2)CC1. The molecule has 1 aromatic heterocycles. The van der Waals surface area contributed by atoms with Crippen LogP contribution in [0.4, 0.5) is 10.1 Å². The Balaban J connectivity index is 1.09. The number of rotatable bonds is 3. The van der Waals surface area contributed by atoms with Crippen LogP contribution < -0.4 is 15.5 Å². The summed E-state index contributed by atoms with van der Waals surface area (Å²) in [6.07, 6.45) is 13.2. The molecule has 31 heavy (non-hydrogen) atoms. The molecule has 0 bridgehead atoms. The van der Waals surface area contributed by atoms with Crippen LogP contribution in [0.5, 0.6) is 0 Å². The van der Waals surface area contributed by atoms with Gasteiger partial charge in [-0.25, -0.2) is 4.39 Å². The minimum atomic E-state index is -0.283. The first-order valence-electron chi connectivity index (χ1n) is 11.7. The molecule has 6 nitrogen and oxygen atoms in total. The Morgan fingerprint density at radius 3 is 2.68 bits per heavy atom. The molecule has 1 saturated heterocycles. The van der Waals surface area contributed by atoms with E-state index in [2.05, 4.69) is 31.5 Å². The largest absolute Gasteiger partial charge is 0.368 e. The smallest absolute Gasteiger partial charge is 0.250 e. The molecule has 1 aromatic rings. The Kier molecular flexibility index (Phi) is 4.56. The van der Waals surface area contributed by atoms with Crippen LogP contribution in [0, 0.1) is 11.2 Å². The number of hydrogen-bond acceptors (Lipinski definition) is 5. The summed E-state index contributed by atoms with van der Waals surface area (Å²) in [6.45, 7) is 3.65. The third-order valence-corrected chi connectivity index (χ3v) is 7.99. The highest BCUT2D eigenvalue weighted by Gasteiger charge is 2.48. The number of hydrogen-bond donors (Lipinski definition) is 2. The summed E-state index contributed by atoms with van der Waals surface area (Å²) >= 11 is 0. The Labute approximate surface area is 182 Å². The Morgan fingerprint density at radius 1 is 1.06 bits per heavy atom. The third-order valence-electron chi connectivity index (χ3n) is 7.99. The molecule has 2 aliphatic heterocycles. The number of anilines is 1. The second-order valence-electron chi connectivity index (χ2n) is 9.92. The number of carbonyl (C=O) groups is 1. The minimum absolute atomic E-state index is 0.0517. The second-order valence-corrected chi connectivity index (χ2v) is 9.92. The molecule has 2 atom stereocenters. The topological polar surface area (TPSA) is 60.5 Å². The molecule has 1 spiro atoms. The fourth-order valence-corrected chi connectivity index (χ4v) is 5.85. The van der Waals surface area contributed by atoms with Gasteiger partial charge in [-0.3, -0.25) is 14.7 Å². The van der Waals surface area contributed by atoms with Gasteiger partial charge in [0.05, 0.1) is 18.1 Å². The highest BCUT2D eigenvalue weighted by atomic mass is 19.1. The van der Waals surface area contributed by atoms with Crippen LogP contribution in [-0.4, -0.2) is 54.2 Å². The van der Waals surface area contributed by atoms with E-state index in [4.69, 9.17) is 0 Å². The minimum Gasteiger partial charge on any atom is -0.368 e. The summed E-state index contributed by atoms with van der Waals surface area (Å²) in [7, 11) is 0. The summed E-state index contributed by atoms with van der Waals surface area (Å²) in [5, 5.41) is 6.90. The van der Waals surface area contributed by atoms with Gasteiger partial charge in [0.1, 0.15) is 12.0 Å². The van der Waals surface area contributed by atoms with Gasteiger partial charge in [0, 0.05) is 49.6 Å². The van der Waals surface area contributed by atoms with Crippen LogP contribution in [-0.2, 0) is 4.79 Å². The summed E-state index contributed by atoms with van der Waals surface area (Å²) in [6, 6.07) is 1.98. The van der Waals surface area contributed by atoms with Crippen LogP contribution >= 0.6 is 0 Å². The van der Waals surface area contributed by atoms with Crippen molar-refractivity contribution >= 4 is 11.6 Å². The normalized spacial score (nSPS) is 30.0. The predicted molar refractivity (Wildman–Crippen MR) is 117 cm³/mol. The van der Waals surface area contributed by atoms with Crippen LogP contribution in [0.25, 0.3) is 0 Å². The molecule has 1 saturated carbocycles. The summed E-state index contributed by atoms with van der Waals surface area (Å²) < 4.78 is 13.5. The molecule has 5 aliphatic rings. The molecule has 3 heterocycles. The van der Waals surface area contributed by atoms with Crippen LogP contribution in [0.2, 0.25) is 0 Å². The lowest BCUT2D eigenvalue weighted by Crippen LogP contribution is -2.52. The molecule has 1 amide bonds. The van der Waals surface area contributed by atoms with Gasteiger partial charge in [-0.2, -0.15) is 0 Å². The number of nitrogens with zero attached hydrogens (tertiary/aromatic N) is 3. The first-order chi connectivity index (χ1) is 15.1. The average molecular weight is 424 g/mol. The van der Waals surface area contributed by atoms with Gasteiger partial charge in [-0.05, 0) is 55.9 Å². The molecular weight excluding hydrogens is 393 g/mol. The highest BCUT2D eigenvalue weighted by Crippen LogP contribution is 2.57. The van der Waals surface area contributed by atoms with E-state index >= 15 is 0 Å². The molecule has 2 N–H and O–H groups in total. The zero-order valence-corrected chi connectivity index (χ0v) is 17.9. The molecule has 6 rings (SSSR count). The first-order valence-corrected chi connectivity index (χ1v) is 11.7. The maximum Gasteiger partial charge on any atom is 0.250 e. The van der Waals surface area contributed by atoms with Crippen molar-refractivity contribution in [1.82, 2.24) is 20.5 Å². The van der Waals surface area contributed by atoms with Crippen molar-refractivity contribution < 1.29 is 9.18 Å². The Morgan fingerprint density at radius 2 is 1.90 bits per heavy atom. The Hall–Kier alpha value is -2.41. The van der Waals surface area contributed by atoms with E-state index in [9.17, 15) is 9.18 Å². The fourth-order valence-electron chi connectivity index (χ4n) is 5.85. The van der Waals surface area contributed by atoms with Gasteiger partial charge in [0.2, 0.25) is 0 Å². The second kappa shape index (κ2) is 7.33. The monoisotopic (exact) mass is 423 g/mol. The van der Waals surface area contributed by atoms with E-state index in [1.807, 2.05) is 0 Å². The number of amides is 1. The van der Waals surface area contributed by atoms with Crippen LogP contribution in [0.3, 0.4) is 0 Å². The lowest BCUT2D eigenvalue weighted by molar-refractivity contribution is -0.119. The van der Waals surface area contributed by atoms with Crippen molar-refractivity contribution in [2.75, 3.05) is 31.1 Å². The lowest BCUT2D eigenvalue weighted by Gasteiger charge is -2.38. The molecular formula is C24H30FN5O. The van der Waals surface area contributed by atoms with Gasteiger partial charge in [-0.1, -0.05) is 6.08 Å². The number of aromatic nitrogens is 1. The third kappa shape index (κ3) is 3.63. The maximum absolute atomic E-state index is 13.5. The average Bonchev–Trinajstić information content (AvgIpc) is 3.34. The van der Waals surface area contributed by atoms with E-state index in [0.717, 1.165) is 63.1 Å². The number of piperazine rings is 1. The molecule has 0 aromatic carbocycles. The van der Waals surface area contributed by atoms with Crippen molar-refractivity contribution in [2.24, 2.45) is 5.41 Å². The van der Waals surface area contributed by atoms with Gasteiger partial charge < -0.3 is 15.5 Å². The van der Waals surface area contributed by atoms with E-state index in [1.165, 1.54) is 36.7 Å².